The summed E-state index contributed by atoms with van der Waals surface area (Å²) in [5.74, 6) is -17.9. The Bertz CT molecular complexity index is 5750. The minimum atomic E-state index is -2.58. The van der Waals surface area contributed by atoms with Crippen LogP contribution in [0.25, 0.3) is 11.1 Å². The van der Waals surface area contributed by atoms with E-state index >= 15 is 24.0 Å². The molecule has 3 fully saturated rings. The number of nitrogens with one attached hydrogen (secondary N) is 8. The van der Waals surface area contributed by atoms with Gasteiger partial charge in [0.1, 0.15) is 151 Å². The summed E-state index contributed by atoms with van der Waals surface area (Å²) in [5.41, 5.74) is -2.73. The zero-order chi connectivity index (χ0) is 100. The molecular weight excluding hydrogens is 1860 g/mol. The highest BCUT2D eigenvalue weighted by Crippen LogP contribution is 2.51. The summed E-state index contributed by atoms with van der Waals surface area (Å²) in [5, 5.41) is 181. The topological polar surface area (TPSA) is 642 Å². The number of fused-ring (bicyclic) bond motifs is 14. The molecule has 752 valence electrons. The molecular formula is C97H113ClN8O34. The Morgan fingerprint density at radius 3 is 1.74 bits per heavy atom. The predicted molar refractivity (Wildman–Crippen MR) is 487 cm³/mol. The van der Waals surface area contributed by atoms with Crippen molar-refractivity contribution in [1.82, 2.24) is 42.5 Å². The Hall–Kier alpha value is -12.6. The average molecular weight is 1970 g/mol. The zero-order valence-electron chi connectivity index (χ0n) is 76.4. The third-order valence-electron chi connectivity index (χ3n) is 25.2. The number of carbonyl (C=O) groups excluding carboxylic acids is 9. The number of carboxylic acid groups (broad SMARTS) is 1. The molecule has 22 atom stereocenters. The molecule has 9 aliphatic heterocycles. The Labute approximate surface area is 805 Å². The van der Waals surface area contributed by atoms with Gasteiger partial charge in [-0.25, -0.2) is 4.79 Å². The summed E-state index contributed by atoms with van der Waals surface area (Å²) in [4.78, 5) is 153. The highest BCUT2D eigenvalue weighted by molar-refractivity contribution is 6.32. The first-order valence-corrected chi connectivity index (χ1v) is 46.5. The van der Waals surface area contributed by atoms with Crippen LogP contribution in [-0.2, 0) is 91.1 Å². The lowest BCUT2D eigenvalue weighted by Gasteiger charge is -2.44. The monoisotopic (exact) mass is 1970 g/mol. The normalized spacial score (nSPS) is 27.3. The second kappa shape index (κ2) is 45.7. The molecule has 0 spiro atoms. The minimum absolute atomic E-state index is 0.0574. The molecule has 7 aromatic carbocycles. The Balaban J connectivity index is 1.04. The van der Waals surface area contributed by atoms with Crippen molar-refractivity contribution in [2.75, 3.05) is 19.8 Å². The minimum Gasteiger partial charge on any atom is -0.508 e. The largest absolute Gasteiger partial charge is 0.508 e. The van der Waals surface area contributed by atoms with Gasteiger partial charge in [-0.05, 0) is 137 Å². The van der Waals surface area contributed by atoms with Gasteiger partial charge in [-0.1, -0.05) is 120 Å². The Morgan fingerprint density at radius 2 is 1.09 bits per heavy atom. The molecule has 0 saturated carbocycles. The Morgan fingerprint density at radius 1 is 0.500 bits per heavy atom. The van der Waals surface area contributed by atoms with E-state index in [9.17, 15) is 95.5 Å². The van der Waals surface area contributed by atoms with Gasteiger partial charge in [-0.2, -0.15) is 0 Å². The number of ether oxygens (including phenoxy) is 10. The number of carbonyl (C=O) groups is 10. The number of hydrogen-bond donors (Lipinski definition) is 22. The number of esters is 1. The van der Waals surface area contributed by atoms with E-state index in [1.54, 1.807) is 13.0 Å². The van der Waals surface area contributed by atoms with E-state index in [1.807, 2.05) is 13.8 Å². The molecule has 22 N–H and O–H groups in total. The van der Waals surface area contributed by atoms with E-state index in [0.717, 1.165) is 125 Å². The standard InChI is InChI=1S/C97H113ClN8O34/c1-5-7-9-11-13-14-16-69(114)101-78-84(121)82(119)68(42-131-71(116)17-15-12-10-8-6-2)138-96(78)140-88-64-34-51-35-65(88)134-61-25-22-48(33-57(61)98)87(139-95-77(99-44(4)110)83(120)80(117)66(40-108)136-95)79-93(128)105-76(94(129)130)56-37-53(112)38-63(135-97-86(123)85(122)81(118)67(41-109)137-97)72(56)55-32-47(20-21-49(55)39-107)73(90(125)106-79)103-92(127)75(51)104-91(126)74-50-30-52(111)36-54(31-50)132-62-28-46(18-23-59(62)113)29-70(115)100-58(89(124)102-74)27-45-19-24-60(133-64)43(3)26-45/h18-26,28,30-38,58,66-68,73-87,95-97,107-109,111-113,117-123H,5-17,27,29,39-42H2,1-4H3,(H,99,110)(H,100,115)(H,101,114)(H,102,124)(H,103,127)(H,104,126)(H,105,128)(H,106,125)(H,129,130)/t58-,66?,67?,68?,73-,74+,75-,76+,77?,78?,79+,80-,81-,82-,83?,84?,85?,86?,87-,95+,96+,97+/m1/s1. The molecule has 8 amide bonds. The SMILES string of the molecule is CCCCCCCCC(=O)NC1C(O)[C@H](O)C(COC(=O)CCCCCCC)O[C@H]1Oc1c2cc3cc1Oc1ccc(cc1Cl)[C@@H](O[C@@H]1OC(CO)[C@@H](O)C(O)C1NC(C)=O)[C@@H]1NC(=O)[C@H](NC(=O)[C@@H]3NC(=O)[C@H]3NC(=O)[C@@H](Cc4ccc(c(C)c4)O2)NC(=O)Cc2ccc(O)c(c2)Oc2cc(O)cc3c2)c2ccc(CO)c(c2)-c2c(O[C@H]3OC(CO)[C@@H](O)C(O)C3O)cc(O)cc2[C@@H](C(=O)O)NC1=O. The number of unbranched alkanes of at least 4 members (excludes halogenated alkanes) is 9. The number of aliphatic hydroxyl groups is 10. The first-order chi connectivity index (χ1) is 67.0. The van der Waals surface area contributed by atoms with E-state index in [-0.39, 0.29) is 64.3 Å². The quantitative estimate of drug-likeness (QED) is 0.0258. The van der Waals surface area contributed by atoms with Crippen LogP contribution in [0.4, 0.5) is 0 Å². The van der Waals surface area contributed by atoms with Crippen LogP contribution in [0.3, 0.4) is 0 Å². The van der Waals surface area contributed by atoms with Gasteiger partial charge in [0.05, 0.1) is 31.3 Å². The van der Waals surface area contributed by atoms with E-state index in [2.05, 4.69) is 42.5 Å². The number of aromatic hydroxyl groups is 3. The van der Waals surface area contributed by atoms with Crippen LogP contribution in [0.2, 0.25) is 5.02 Å². The smallest absolute Gasteiger partial charge is 0.330 e. The van der Waals surface area contributed by atoms with Crippen LogP contribution >= 0.6 is 11.6 Å². The first-order valence-electron chi connectivity index (χ1n) is 46.1. The van der Waals surface area contributed by atoms with Gasteiger partial charge < -0.3 is 161 Å². The summed E-state index contributed by atoms with van der Waals surface area (Å²) in [6.07, 6.45) is -21.4. The highest BCUT2D eigenvalue weighted by Gasteiger charge is 2.53. The summed E-state index contributed by atoms with van der Waals surface area (Å²) in [6.45, 7) is 2.75. The van der Waals surface area contributed by atoms with Gasteiger partial charge in [-0.3, -0.25) is 43.2 Å². The fourth-order valence-corrected chi connectivity index (χ4v) is 18.1. The molecule has 0 aromatic heterocycles. The number of amides is 8. The molecule has 9 aliphatic rings. The fraction of sp³-hybridized carbons (Fsp3) is 0.464. The molecule has 16 rings (SSSR count). The molecule has 43 heteroatoms. The van der Waals surface area contributed by atoms with E-state index in [0.29, 0.717) is 31.2 Å². The Kier molecular flexibility index (Phi) is 33.7. The number of phenols is 3. The summed E-state index contributed by atoms with van der Waals surface area (Å²) in [7, 11) is 0. The van der Waals surface area contributed by atoms with Gasteiger partial charge in [-0.15, -0.1) is 0 Å². The van der Waals surface area contributed by atoms with Crippen molar-refractivity contribution in [3.63, 3.8) is 0 Å². The maximum atomic E-state index is 17.2. The van der Waals surface area contributed by atoms with Crippen LogP contribution in [-0.4, -0.2) is 255 Å². The molecule has 17 bridgehead atoms. The number of aryl methyl sites for hydroxylation is 1. The van der Waals surface area contributed by atoms with E-state index in [4.69, 9.17) is 59.0 Å². The van der Waals surface area contributed by atoms with E-state index < -0.39 is 305 Å². The van der Waals surface area contributed by atoms with Crippen LogP contribution in [0.15, 0.2) is 115 Å². The van der Waals surface area contributed by atoms with Crippen LogP contribution in [0.5, 0.6) is 63.2 Å². The van der Waals surface area contributed by atoms with Gasteiger partial charge in [0.2, 0.25) is 65.6 Å². The van der Waals surface area contributed by atoms with Gasteiger partial charge in [0.15, 0.2) is 35.3 Å². The van der Waals surface area contributed by atoms with Crippen molar-refractivity contribution in [3.8, 4) is 74.4 Å². The number of hydrogen-bond acceptors (Lipinski definition) is 33. The second-order valence-electron chi connectivity index (χ2n) is 35.5. The third-order valence-corrected chi connectivity index (χ3v) is 25.5. The summed E-state index contributed by atoms with van der Waals surface area (Å²) < 4.78 is 64.5. The van der Waals surface area contributed by atoms with Crippen LogP contribution < -0.4 is 66.2 Å². The maximum absolute atomic E-state index is 17.2. The molecule has 140 heavy (non-hydrogen) atoms. The predicted octanol–water partition coefficient (Wildman–Crippen LogP) is 3.67. The lowest BCUT2D eigenvalue weighted by Crippen LogP contribution is -2.65. The van der Waals surface area contributed by atoms with Crippen molar-refractivity contribution in [3.05, 3.63) is 170 Å². The zero-order valence-corrected chi connectivity index (χ0v) is 77.2. The number of phenolic OH excluding ortho intramolecular Hbond substituents is 3. The lowest BCUT2D eigenvalue weighted by molar-refractivity contribution is -0.284. The lowest BCUT2D eigenvalue weighted by atomic mass is 9.87. The molecule has 7 aromatic rings. The van der Waals surface area contributed by atoms with Crippen molar-refractivity contribution in [1.29, 1.82) is 0 Å². The number of benzene rings is 7. The number of aliphatic carboxylic acids is 1. The summed E-state index contributed by atoms with van der Waals surface area (Å²) in [6, 6.07) is 4.62. The number of carboxylic acids is 1. The molecule has 9 unspecified atom stereocenters. The average Bonchev–Trinajstić information content (AvgIpc) is 0.756. The maximum Gasteiger partial charge on any atom is 0.330 e. The molecule has 0 aliphatic carbocycles. The second-order valence-corrected chi connectivity index (χ2v) is 35.9. The fourth-order valence-electron chi connectivity index (χ4n) is 17.8. The van der Waals surface area contributed by atoms with Gasteiger partial charge in [0.25, 0.3) is 0 Å². The van der Waals surface area contributed by atoms with E-state index in [1.165, 1.54) is 36.4 Å². The molecule has 3 saturated heterocycles. The number of aliphatic hydroxyl groups excluding tert-OH is 10. The third kappa shape index (κ3) is 23.8. The first kappa shape index (κ1) is 103. The number of rotatable bonds is 27. The van der Waals surface area contributed by atoms with Crippen LogP contribution in [0.1, 0.15) is 185 Å². The summed E-state index contributed by atoms with van der Waals surface area (Å²) >= 11 is 7.56. The van der Waals surface area contributed by atoms with Gasteiger partial charge in [0, 0.05) is 49.4 Å². The van der Waals surface area contributed by atoms with Crippen molar-refractivity contribution >= 4 is 70.8 Å². The van der Waals surface area contributed by atoms with Crippen LogP contribution in [0, 0.1) is 6.92 Å². The molecule has 9 heterocycles. The van der Waals surface area contributed by atoms with Crippen molar-refractivity contribution < 1.29 is 167 Å². The molecule has 42 nitrogen and oxygen atoms in total. The highest BCUT2D eigenvalue weighted by atomic mass is 35.5. The van der Waals surface area contributed by atoms with Crippen molar-refractivity contribution in [2.24, 2.45) is 0 Å². The number of halogens is 1. The van der Waals surface area contributed by atoms with Gasteiger partial charge >= 0.3 is 11.9 Å². The molecule has 0 radical (unpaired) electrons. The van der Waals surface area contributed by atoms with Crippen molar-refractivity contribution in [2.45, 2.75) is 265 Å².